The van der Waals surface area contributed by atoms with Crippen molar-refractivity contribution in [2.75, 3.05) is 18.0 Å². The van der Waals surface area contributed by atoms with E-state index >= 15 is 0 Å². The minimum atomic E-state index is -5.12. The van der Waals surface area contributed by atoms with E-state index in [0.717, 1.165) is 16.0 Å². The van der Waals surface area contributed by atoms with Crippen molar-refractivity contribution in [2.45, 2.75) is 64.2 Å². The van der Waals surface area contributed by atoms with Crippen molar-refractivity contribution in [2.24, 2.45) is 0 Å². The van der Waals surface area contributed by atoms with Gasteiger partial charge in [-0.25, -0.2) is 28.3 Å². The summed E-state index contributed by atoms with van der Waals surface area (Å²) in [6.45, 7) is 3.36. The monoisotopic (exact) mass is 734 g/mol. The maximum Gasteiger partial charge on any atom is 0.416 e. The highest BCUT2D eigenvalue weighted by atomic mass is 19.4. The molecule has 8 nitrogen and oxygen atoms in total. The number of halogens is 8. The highest BCUT2D eigenvalue weighted by molar-refractivity contribution is 5.89. The quantitative estimate of drug-likeness (QED) is 0.181. The summed E-state index contributed by atoms with van der Waals surface area (Å²) >= 11 is 0. The topological polar surface area (TPSA) is 95.9 Å². The first kappa shape index (κ1) is 36.5. The van der Waals surface area contributed by atoms with Crippen LogP contribution in [0.1, 0.15) is 63.8 Å². The van der Waals surface area contributed by atoms with Crippen molar-refractivity contribution < 1.29 is 54.6 Å². The first-order chi connectivity index (χ1) is 24.3. The second-order valence-electron chi connectivity index (χ2n) is 12.8. The van der Waals surface area contributed by atoms with Crippen molar-refractivity contribution in [3.63, 3.8) is 0 Å². The first-order valence-corrected chi connectivity index (χ1v) is 16.0. The number of carboxylic acids is 1. The van der Waals surface area contributed by atoms with E-state index in [1.54, 1.807) is 13.0 Å². The normalized spacial score (nSPS) is 18.7. The van der Waals surface area contributed by atoms with E-state index in [0.29, 0.717) is 40.8 Å². The Balaban J connectivity index is 1.42. The fourth-order valence-electron chi connectivity index (χ4n) is 6.45. The van der Waals surface area contributed by atoms with Crippen LogP contribution in [0.15, 0.2) is 60.8 Å². The first-order valence-electron chi connectivity index (χ1n) is 16.0. The fourth-order valence-corrected chi connectivity index (χ4v) is 6.45. The lowest BCUT2D eigenvalue weighted by molar-refractivity contribution is -0.143. The molecule has 2 atom stereocenters. The number of ether oxygens (including phenoxy) is 1. The molecule has 0 radical (unpaired) electrons. The van der Waals surface area contributed by atoms with E-state index in [1.807, 2.05) is 25.1 Å². The molecule has 0 spiro atoms. The van der Waals surface area contributed by atoms with Crippen molar-refractivity contribution in [1.82, 2.24) is 14.9 Å². The number of cyclic esters (lactones) is 1. The number of benzene rings is 3. The molecule has 2 aliphatic rings. The molecule has 1 N–H and O–H groups in total. The van der Waals surface area contributed by atoms with Gasteiger partial charge in [0.2, 0.25) is 5.95 Å². The maximum atomic E-state index is 13.8. The smallest absolute Gasteiger partial charge is 0.416 e. The number of carbonyl (C=O) groups excluding carboxylic acids is 1. The molecule has 16 heteroatoms. The third kappa shape index (κ3) is 7.10. The molecule has 2 aliphatic heterocycles. The zero-order chi connectivity index (χ0) is 37.9. The molecule has 3 heterocycles. The van der Waals surface area contributed by atoms with Crippen LogP contribution in [-0.4, -0.2) is 57.1 Å². The number of carbonyl (C=O) groups is 2. The van der Waals surface area contributed by atoms with Crippen LogP contribution in [0.2, 0.25) is 0 Å². The lowest BCUT2D eigenvalue weighted by Crippen LogP contribution is -2.57. The number of alkyl halides is 8. The molecule has 1 aromatic heterocycles. The Hall–Kier alpha value is -5.28. The number of amides is 1. The lowest BCUT2D eigenvalue weighted by atomic mass is 9.91. The van der Waals surface area contributed by atoms with Crippen LogP contribution in [0.25, 0.3) is 22.3 Å². The number of hydrogen-bond donors (Lipinski definition) is 1. The largest absolute Gasteiger partial charge is 0.478 e. The van der Waals surface area contributed by atoms with Crippen molar-refractivity contribution in [1.29, 1.82) is 0 Å². The van der Waals surface area contributed by atoms with Crippen molar-refractivity contribution >= 4 is 18.0 Å². The molecule has 2 fully saturated rings. The summed E-state index contributed by atoms with van der Waals surface area (Å²) in [6, 6.07) is 10.1. The van der Waals surface area contributed by atoms with E-state index in [1.165, 1.54) is 30.2 Å². The van der Waals surface area contributed by atoms with Crippen LogP contribution >= 0.6 is 0 Å². The van der Waals surface area contributed by atoms with Crippen molar-refractivity contribution in [3.8, 4) is 22.3 Å². The van der Waals surface area contributed by atoms with Gasteiger partial charge < -0.3 is 14.7 Å². The molecule has 52 heavy (non-hydrogen) atoms. The fraction of sp³-hybridized carbons (Fsp3) is 0.333. The Morgan fingerprint density at radius 3 is 2.15 bits per heavy atom. The average molecular weight is 735 g/mol. The Bertz CT molecular complexity index is 2030. The third-order valence-electron chi connectivity index (χ3n) is 9.20. The van der Waals surface area contributed by atoms with Gasteiger partial charge >= 0.3 is 24.4 Å². The van der Waals surface area contributed by atoms with E-state index in [2.05, 4.69) is 9.97 Å². The van der Waals surface area contributed by atoms with Crippen LogP contribution in [0.3, 0.4) is 0 Å². The van der Waals surface area contributed by atoms with Crippen LogP contribution in [0.5, 0.6) is 0 Å². The second-order valence-corrected chi connectivity index (χ2v) is 12.8. The van der Waals surface area contributed by atoms with E-state index < -0.39 is 72.3 Å². The Labute approximate surface area is 291 Å². The summed E-state index contributed by atoms with van der Waals surface area (Å²) in [5, 5.41) is 9.41. The van der Waals surface area contributed by atoms with E-state index in [9.17, 15) is 49.8 Å². The van der Waals surface area contributed by atoms with Gasteiger partial charge in [0, 0.05) is 11.8 Å². The molecule has 0 saturated carbocycles. The van der Waals surface area contributed by atoms with Gasteiger partial charge in [-0.05, 0) is 90.0 Å². The number of aryl methyl sites for hydroxylation is 2. The number of aromatic carboxylic acids is 1. The number of rotatable bonds is 8. The number of anilines is 1. The Morgan fingerprint density at radius 2 is 1.60 bits per heavy atom. The van der Waals surface area contributed by atoms with Crippen LogP contribution in [0.4, 0.5) is 45.9 Å². The molecule has 6 rings (SSSR count). The van der Waals surface area contributed by atoms with Gasteiger partial charge in [-0.2, -0.15) is 26.3 Å². The predicted octanol–water partition coefficient (Wildman–Crippen LogP) is 8.95. The van der Waals surface area contributed by atoms with Gasteiger partial charge in [0.05, 0.1) is 48.1 Å². The number of hydrogen-bond acceptors (Lipinski definition) is 6. The Kier molecular flexibility index (Phi) is 9.16. The lowest BCUT2D eigenvalue weighted by Gasteiger charge is -2.38. The summed E-state index contributed by atoms with van der Waals surface area (Å²) in [5.74, 6) is -4.13. The number of carboxylic acid groups (broad SMARTS) is 1. The van der Waals surface area contributed by atoms with Gasteiger partial charge in [-0.3, -0.25) is 4.90 Å². The van der Waals surface area contributed by atoms with Crippen LogP contribution < -0.4 is 4.90 Å². The Morgan fingerprint density at radius 1 is 0.942 bits per heavy atom. The zero-order valence-electron chi connectivity index (χ0n) is 27.7. The molecule has 0 unspecified atom stereocenters. The van der Waals surface area contributed by atoms with E-state index in [-0.39, 0.29) is 29.8 Å². The molecule has 0 bridgehead atoms. The summed E-state index contributed by atoms with van der Waals surface area (Å²) in [5.41, 5.74) is 0.487. The number of nitrogens with zero attached hydrogens (tertiary/aromatic N) is 4. The van der Waals surface area contributed by atoms with E-state index in [4.69, 9.17) is 4.74 Å². The summed E-state index contributed by atoms with van der Waals surface area (Å²) < 4.78 is 115. The molecule has 1 amide bonds. The molecular formula is C36H30F8N4O4. The summed E-state index contributed by atoms with van der Waals surface area (Å²) in [7, 11) is 0. The minimum Gasteiger partial charge on any atom is -0.478 e. The molecule has 4 aromatic rings. The molecule has 274 valence electrons. The van der Waals surface area contributed by atoms with Gasteiger partial charge in [0.15, 0.2) is 0 Å². The van der Waals surface area contributed by atoms with Gasteiger partial charge in [-0.15, -0.1) is 0 Å². The number of aromatic nitrogens is 2. The minimum absolute atomic E-state index is 0.0157. The predicted molar refractivity (Wildman–Crippen MR) is 172 cm³/mol. The second kappa shape index (κ2) is 13.0. The molecule has 2 saturated heterocycles. The standard InChI is InChI=1S/C36H30F8N4O4/c1-4-20-5-6-21(26-8-7-22(31(49)50)9-18(26)2)12-27(20)28-14-45-32(47-16-34(37,38)17-47)46-29(28)15-48-19(3)30(52-33(48)51)23-10-24(35(39,40)41)13-25(11-23)36(42,43)44/h5-14,19,30H,4,15-17H2,1-3H3,(H,49,50)/t19-,30-/m0/s1. The maximum absolute atomic E-state index is 13.8. The van der Waals surface area contributed by atoms with Gasteiger partial charge in [-0.1, -0.05) is 25.1 Å². The average Bonchev–Trinajstić information content (AvgIpc) is 3.34. The summed E-state index contributed by atoms with van der Waals surface area (Å²) in [6.07, 6.45) is -10.9. The molecule has 3 aromatic carbocycles. The molecular weight excluding hydrogens is 704 g/mol. The van der Waals surface area contributed by atoms with Crippen LogP contribution in [0, 0.1) is 6.92 Å². The van der Waals surface area contributed by atoms with Crippen LogP contribution in [-0.2, 0) is 30.1 Å². The van der Waals surface area contributed by atoms with Gasteiger partial charge in [0.25, 0.3) is 5.92 Å². The zero-order valence-corrected chi connectivity index (χ0v) is 27.7. The highest BCUT2D eigenvalue weighted by Gasteiger charge is 2.46. The van der Waals surface area contributed by atoms with Crippen molar-refractivity contribution in [3.05, 3.63) is 99.9 Å². The van der Waals surface area contributed by atoms with Gasteiger partial charge in [0.1, 0.15) is 6.10 Å². The molecule has 0 aliphatic carbocycles. The SMILES string of the molecule is CCc1ccc(-c2ccc(C(=O)O)cc2C)cc1-c1cnc(N2CC(F)(F)C2)nc1CN1C(=O)O[C@H](c2cc(C(F)(F)F)cc(C(F)(F)F)c2)[C@@H]1C. The highest BCUT2D eigenvalue weighted by Crippen LogP contribution is 2.42. The summed E-state index contributed by atoms with van der Waals surface area (Å²) in [4.78, 5) is 36.0. The third-order valence-corrected chi connectivity index (χ3v) is 9.20.